The first-order chi connectivity index (χ1) is 8.61. The summed E-state index contributed by atoms with van der Waals surface area (Å²) in [7, 11) is 2.20. The molecule has 0 unspecified atom stereocenters. The molecule has 0 aromatic heterocycles. The van der Waals surface area contributed by atoms with Crippen LogP contribution in [0.1, 0.15) is 33.1 Å². The molecule has 0 atom stereocenters. The number of likely N-dealkylation sites (tertiary alicyclic amines) is 1. The fourth-order valence-corrected chi connectivity index (χ4v) is 2.17. The van der Waals surface area contributed by atoms with Gasteiger partial charge in [0.2, 0.25) is 5.96 Å². The number of nitrogens with one attached hydrogen (secondary N) is 2. The van der Waals surface area contributed by atoms with Crippen LogP contribution in [0, 0.1) is 11.8 Å². The van der Waals surface area contributed by atoms with Gasteiger partial charge in [-0.2, -0.15) is 0 Å². The summed E-state index contributed by atoms with van der Waals surface area (Å²) in [5, 5.41) is 3.28. The molecule has 1 saturated heterocycles. The zero-order valence-corrected chi connectivity index (χ0v) is 12.1. The number of nitrogens with two attached hydrogens (primary N) is 1. The maximum atomic E-state index is 5.45. The summed E-state index contributed by atoms with van der Waals surface area (Å²) >= 11 is 0. The Morgan fingerprint density at radius 1 is 1.39 bits per heavy atom. The van der Waals surface area contributed by atoms with E-state index in [1.807, 2.05) is 0 Å². The van der Waals surface area contributed by atoms with Crippen molar-refractivity contribution in [3.63, 3.8) is 0 Å². The van der Waals surface area contributed by atoms with Gasteiger partial charge in [-0.05, 0) is 51.2 Å². The molecular formula is C13H29N5. The summed E-state index contributed by atoms with van der Waals surface area (Å²) in [5.41, 5.74) is 2.63. The quantitative estimate of drug-likeness (QED) is 0.294. The van der Waals surface area contributed by atoms with Crippen LogP contribution < -0.4 is 16.6 Å². The minimum atomic E-state index is 0.559. The Hall–Kier alpha value is -0.810. The predicted molar refractivity (Wildman–Crippen MR) is 77.3 cm³/mol. The maximum Gasteiger partial charge on any atom is 0.205 e. The van der Waals surface area contributed by atoms with E-state index in [4.69, 9.17) is 5.84 Å². The van der Waals surface area contributed by atoms with Crippen LogP contribution in [0.15, 0.2) is 4.99 Å². The first kappa shape index (κ1) is 15.2. The van der Waals surface area contributed by atoms with Crippen LogP contribution in [-0.4, -0.2) is 44.1 Å². The van der Waals surface area contributed by atoms with Crippen LogP contribution in [0.5, 0.6) is 0 Å². The van der Waals surface area contributed by atoms with E-state index in [1.54, 1.807) is 0 Å². The van der Waals surface area contributed by atoms with Gasteiger partial charge in [0.25, 0.3) is 0 Å². The number of piperidine rings is 1. The van der Waals surface area contributed by atoms with Crippen molar-refractivity contribution in [3.05, 3.63) is 0 Å². The van der Waals surface area contributed by atoms with Gasteiger partial charge >= 0.3 is 0 Å². The Labute approximate surface area is 111 Å². The van der Waals surface area contributed by atoms with E-state index in [0.717, 1.165) is 25.0 Å². The highest BCUT2D eigenvalue weighted by Crippen LogP contribution is 2.18. The molecule has 0 aromatic rings. The molecule has 1 rings (SSSR count). The lowest BCUT2D eigenvalue weighted by atomic mass is 9.94. The highest BCUT2D eigenvalue weighted by atomic mass is 15.3. The van der Waals surface area contributed by atoms with Crippen molar-refractivity contribution < 1.29 is 0 Å². The molecule has 1 heterocycles. The van der Waals surface area contributed by atoms with Crippen molar-refractivity contribution in [2.45, 2.75) is 33.1 Å². The van der Waals surface area contributed by atoms with Crippen molar-refractivity contribution in [2.75, 3.05) is 33.2 Å². The summed E-state index contributed by atoms with van der Waals surface area (Å²) in [4.78, 5) is 6.80. The molecule has 106 valence electrons. The number of rotatable bonds is 5. The number of hydrogen-bond acceptors (Lipinski definition) is 3. The minimum absolute atomic E-state index is 0.559. The van der Waals surface area contributed by atoms with Crippen LogP contribution in [0.2, 0.25) is 0 Å². The van der Waals surface area contributed by atoms with E-state index >= 15 is 0 Å². The zero-order valence-electron chi connectivity index (χ0n) is 12.1. The number of hydrogen-bond donors (Lipinski definition) is 3. The number of guanidine groups is 1. The van der Waals surface area contributed by atoms with Gasteiger partial charge in [0.1, 0.15) is 0 Å². The van der Waals surface area contributed by atoms with Gasteiger partial charge in [-0.25, -0.2) is 5.84 Å². The Morgan fingerprint density at radius 3 is 2.61 bits per heavy atom. The Kier molecular flexibility index (Phi) is 7.05. The Balaban J connectivity index is 2.17. The van der Waals surface area contributed by atoms with Crippen LogP contribution in [0.4, 0.5) is 0 Å². The fraction of sp³-hybridized carbons (Fsp3) is 0.923. The summed E-state index contributed by atoms with van der Waals surface area (Å²) in [6, 6.07) is 0. The van der Waals surface area contributed by atoms with Crippen molar-refractivity contribution in [2.24, 2.45) is 22.7 Å². The molecule has 0 aliphatic carbocycles. The molecule has 4 N–H and O–H groups in total. The molecule has 5 heteroatoms. The largest absolute Gasteiger partial charge is 0.355 e. The average molecular weight is 255 g/mol. The van der Waals surface area contributed by atoms with Crippen molar-refractivity contribution in [1.82, 2.24) is 15.6 Å². The number of nitrogens with zero attached hydrogens (tertiary/aromatic N) is 2. The van der Waals surface area contributed by atoms with Crippen molar-refractivity contribution in [3.8, 4) is 0 Å². The van der Waals surface area contributed by atoms with Gasteiger partial charge in [0.05, 0.1) is 0 Å². The summed E-state index contributed by atoms with van der Waals surface area (Å²) in [6.45, 7) is 8.52. The topological polar surface area (TPSA) is 65.7 Å². The monoisotopic (exact) mass is 255 g/mol. The van der Waals surface area contributed by atoms with Gasteiger partial charge in [-0.1, -0.05) is 13.8 Å². The molecular weight excluding hydrogens is 226 g/mol. The smallest absolute Gasteiger partial charge is 0.205 e. The van der Waals surface area contributed by atoms with Crippen LogP contribution >= 0.6 is 0 Å². The second-order valence-corrected chi connectivity index (χ2v) is 5.69. The minimum Gasteiger partial charge on any atom is -0.355 e. The lowest BCUT2D eigenvalue weighted by Gasteiger charge is -2.29. The third-order valence-electron chi connectivity index (χ3n) is 3.43. The SMILES string of the molecule is CC(C)CN=C(NN)NCCC1CCN(C)CC1. The molecule has 0 radical (unpaired) electrons. The number of aliphatic imine (C=N–C) groups is 1. The summed E-state index contributed by atoms with van der Waals surface area (Å²) in [5.74, 6) is 7.57. The Bertz CT molecular complexity index is 244. The molecule has 0 amide bonds. The van der Waals surface area contributed by atoms with Gasteiger partial charge in [0.15, 0.2) is 0 Å². The highest BCUT2D eigenvalue weighted by molar-refractivity contribution is 5.79. The average Bonchev–Trinajstić information content (AvgIpc) is 2.35. The normalized spacial score (nSPS) is 19.3. The second kappa shape index (κ2) is 8.32. The van der Waals surface area contributed by atoms with Crippen molar-refractivity contribution >= 4 is 5.96 Å². The molecule has 1 fully saturated rings. The van der Waals surface area contributed by atoms with E-state index in [1.165, 1.54) is 32.4 Å². The number of hydrazine groups is 1. The van der Waals surface area contributed by atoms with Crippen molar-refractivity contribution in [1.29, 1.82) is 0 Å². The predicted octanol–water partition coefficient (Wildman–Crippen LogP) is 0.783. The molecule has 18 heavy (non-hydrogen) atoms. The van der Waals surface area contributed by atoms with E-state index in [2.05, 4.69) is 41.5 Å². The van der Waals surface area contributed by atoms with E-state index < -0.39 is 0 Å². The van der Waals surface area contributed by atoms with Gasteiger partial charge in [-0.3, -0.25) is 10.4 Å². The maximum absolute atomic E-state index is 5.45. The summed E-state index contributed by atoms with van der Waals surface area (Å²) < 4.78 is 0. The molecule has 0 bridgehead atoms. The molecule has 0 saturated carbocycles. The van der Waals surface area contributed by atoms with Gasteiger partial charge in [-0.15, -0.1) is 0 Å². The summed E-state index contributed by atoms with van der Waals surface area (Å²) in [6.07, 6.45) is 3.83. The van der Waals surface area contributed by atoms with Crippen LogP contribution in [0.25, 0.3) is 0 Å². The molecule has 1 aliphatic heterocycles. The van der Waals surface area contributed by atoms with Gasteiger partial charge in [0, 0.05) is 13.1 Å². The second-order valence-electron chi connectivity index (χ2n) is 5.69. The highest BCUT2D eigenvalue weighted by Gasteiger charge is 2.15. The van der Waals surface area contributed by atoms with Crippen LogP contribution in [-0.2, 0) is 0 Å². The zero-order chi connectivity index (χ0) is 13.4. The van der Waals surface area contributed by atoms with E-state index in [9.17, 15) is 0 Å². The third kappa shape index (κ3) is 6.21. The van der Waals surface area contributed by atoms with Crippen LogP contribution in [0.3, 0.4) is 0 Å². The lowest BCUT2D eigenvalue weighted by Crippen LogP contribution is -2.43. The Morgan fingerprint density at radius 2 is 2.06 bits per heavy atom. The fourth-order valence-electron chi connectivity index (χ4n) is 2.17. The first-order valence-corrected chi connectivity index (χ1v) is 7.05. The lowest BCUT2D eigenvalue weighted by molar-refractivity contribution is 0.213. The van der Waals surface area contributed by atoms with E-state index in [0.29, 0.717) is 5.92 Å². The molecule has 0 spiro atoms. The third-order valence-corrected chi connectivity index (χ3v) is 3.43. The van der Waals surface area contributed by atoms with E-state index in [-0.39, 0.29) is 0 Å². The first-order valence-electron chi connectivity index (χ1n) is 7.05. The molecule has 5 nitrogen and oxygen atoms in total. The van der Waals surface area contributed by atoms with Gasteiger partial charge < -0.3 is 10.2 Å². The molecule has 0 aromatic carbocycles. The molecule has 1 aliphatic rings. The standard InChI is InChI=1S/C13H29N5/c1-11(2)10-16-13(17-14)15-7-4-12-5-8-18(3)9-6-12/h11-12H,4-10,14H2,1-3H3,(H2,15,16,17).